The highest BCUT2D eigenvalue weighted by Crippen LogP contribution is 2.17. The minimum Gasteiger partial charge on any atom is -0.494 e. The van der Waals surface area contributed by atoms with Crippen molar-refractivity contribution in [3.05, 3.63) is 29.6 Å². The first-order valence-electron chi connectivity index (χ1n) is 6.03. The number of aliphatic imine (C=N–C) groups is 1. The van der Waals surface area contributed by atoms with Crippen molar-refractivity contribution >= 4 is 5.96 Å². The van der Waals surface area contributed by atoms with E-state index in [1.165, 1.54) is 13.2 Å². The Labute approximate surface area is 107 Å². The number of unbranched alkanes of at least 4 members (excludes halogenated alkanes) is 1. The van der Waals surface area contributed by atoms with Crippen LogP contribution in [0.5, 0.6) is 5.75 Å². The highest BCUT2D eigenvalue weighted by atomic mass is 19.1. The quantitative estimate of drug-likeness (QED) is 0.463. The molecule has 0 unspecified atom stereocenters. The molecule has 1 aromatic carbocycles. The van der Waals surface area contributed by atoms with Gasteiger partial charge in [-0.15, -0.1) is 0 Å². The van der Waals surface area contributed by atoms with E-state index in [4.69, 9.17) is 10.5 Å². The van der Waals surface area contributed by atoms with Crippen molar-refractivity contribution in [2.45, 2.75) is 26.3 Å². The third-order valence-electron chi connectivity index (χ3n) is 2.48. The highest BCUT2D eigenvalue weighted by molar-refractivity contribution is 5.77. The fourth-order valence-electron chi connectivity index (χ4n) is 1.43. The van der Waals surface area contributed by atoms with Gasteiger partial charge in [0.2, 0.25) is 0 Å². The molecule has 0 aliphatic heterocycles. The number of benzene rings is 1. The van der Waals surface area contributed by atoms with Gasteiger partial charge in [-0.3, -0.25) is 0 Å². The molecule has 4 nitrogen and oxygen atoms in total. The molecule has 0 fully saturated rings. The maximum Gasteiger partial charge on any atom is 0.188 e. The zero-order valence-electron chi connectivity index (χ0n) is 10.9. The number of guanidine groups is 1. The van der Waals surface area contributed by atoms with E-state index in [0.717, 1.165) is 24.9 Å². The molecule has 5 heteroatoms. The molecule has 0 bridgehead atoms. The molecule has 0 heterocycles. The van der Waals surface area contributed by atoms with Crippen LogP contribution in [0.3, 0.4) is 0 Å². The number of nitrogens with two attached hydrogens (primary N) is 1. The van der Waals surface area contributed by atoms with Crippen LogP contribution >= 0.6 is 0 Å². The van der Waals surface area contributed by atoms with Crippen molar-refractivity contribution in [3.8, 4) is 5.75 Å². The van der Waals surface area contributed by atoms with Gasteiger partial charge in [0.05, 0.1) is 13.7 Å². The largest absolute Gasteiger partial charge is 0.494 e. The molecule has 0 radical (unpaired) electrons. The number of rotatable bonds is 6. The van der Waals surface area contributed by atoms with E-state index in [1.54, 1.807) is 12.1 Å². The van der Waals surface area contributed by atoms with Gasteiger partial charge in [-0.25, -0.2) is 9.38 Å². The Kier molecular flexibility index (Phi) is 5.97. The second-order valence-electron chi connectivity index (χ2n) is 3.95. The monoisotopic (exact) mass is 253 g/mol. The van der Waals surface area contributed by atoms with Gasteiger partial charge >= 0.3 is 0 Å². The number of nitrogens with one attached hydrogen (secondary N) is 1. The fourth-order valence-corrected chi connectivity index (χ4v) is 1.43. The first-order valence-corrected chi connectivity index (χ1v) is 6.03. The van der Waals surface area contributed by atoms with Crippen LogP contribution in [0.15, 0.2) is 23.2 Å². The summed E-state index contributed by atoms with van der Waals surface area (Å²) < 4.78 is 18.2. The van der Waals surface area contributed by atoms with Crippen LogP contribution < -0.4 is 15.8 Å². The third kappa shape index (κ3) is 4.61. The summed E-state index contributed by atoms with van der Waals surface area (Å²) in [4.78, 5) is 4.14. The molecule has 3 N–H and O–H groups in total. The summed E-state index contributed by atoms with van der Waals surface area (Å²) in [6.07, 6.45) is 2.15. The fraction of sp³-hybridized carbons (Fsp3) is 0.462. The minimum absolute atomic E-state index is 0.233. The molecule has 0 saturated carbocycles. The maximum atomic E-state index is 13.4. The molecular weight excluding hydrogens is 233 g/mol. The minimum atomic E-state index is -0.386. The molecule has 1 rings (SSSR count). The summed E-state index contributed by atoms with van der Waals surface area (Å²) in [5, 5.41) is 3.00. The predicted octanol–water partition coefficient (Wildman–Crippen LogP) is 2.04. The number of nitrogens with zero attached hydrogens (tertiary/aromatic N) is 1. The van der Waals surface area contributed by atoms with E-state index in [2.05, 4.69) is 17.2 Å². The average molecular weight is 253 g/mol. The second kappa shape index (κ2) is 7.53. The highest BCUT2D eigenvalue weighted by Gasteiger charge is 2.02. The Morgan fingerprint density at radius 3 is 2.89 bits per heavy atom. The van der Waals surface area contributed by atoms with Crippen LogP contribution in [0.4, 0.5) is 4.39 Å². The van der Waals surface area contributed by atoms with Gasteiger partial charge in [-0.1, -0.05) is 19.4 Å². The van der Waals surface area contributed by atoms with Crippen LogP contribution in [0.25, 0.3) is 0 Å². The van der Waals surface area contributed by atoms with Gasteiger partial charge in [0.1, 0.15) is 0 Å². The van der Waals surface area contributed by atoms with E-state index < -0.39 is 0 Å². The summed E-state index contributed by atoms with van der Waals surface area (Å²) in [7, 11) is 1.44. The Morgan fingerprint density at radius 2 is 2.28 bits per heavy atom. The Morgan fingerprint density at radius 1 is 1.50 bits per heavy atom. The average Bonchev–Trinajstić information content (AvgIpc) is 2.37. The summed E-state index contributed by atoms with van der Waals surface area (Å²) >= 11 is 0. The molecule has 0 atom stereocenters. The van der Waals surface area contributed by atoms with E-state index in [1.807, 2.05) is 0 Å². The van der Waals surface area contributed by atoms with Gasteiger partial charge < -0.3 is 15.8 Å². The molecule has 100 valence electrons. The Bertz CT molecular complexity index is 407. The lowest BCUT2D eigenvalue weighted by molar-refractivity contribution is 0.386. The zero-order valence-corrected chi connectivity index (χ0v) is 10.9. The van der Waals surface area contributed by atoms with Crippen molar-refractivity contribution in [3.63, 3.8) is 0 Å². The summed E-state index contributed by atoms with van der Waals surface area (Å²) in [6, 6.07) is 4.76. The summed E-state index contributed by atoms with van der Waals surface area (Å²) in [6.45, 7) is 3.27. The van der Waals surface area contributed by atoms with Gasteiger partial charge in [0, 0.05) is 6.54 Å². The smallest absolute Gasteiger partial charge is 0.188 e. The van der Waals surface area contributed by atoms with Gasteiger partial charge in [0.25, 0.3) is 0 Å². The molecule has 0 amide bonds. The van der Waals surface area contributed by atoms with Crippen LogP contribution in [-0.4, -0.2) is 19.6 Å². The van der Waals surface area contributed by atoms with Crippen LogP contribution in [0.2, 0.25) is 0 Å². The molecule has 0 aliphatic rings. The second-order valence-corrected chi connectivity index (χ2v) is 3.95. The number of ether oxygens (including phenoxy) is 1. The lowest BCUT2D eigenvalue weighted by Gasteiger charge is -2.05. The van der Waals surface area contributed by atoms with Crippen LogP contribution in [0, 0.1) is 5.82 Å². The van der Waals surface area contributed by atoms with Crippen molar-refractivity contribution < 1.29 is 9.13 Å². The number of methoxy groups -OCH3 is 1. The molecule has 18 heavy (non-hydrogen) atoms. The third-order valence-corrected chi connectivity index (χ3v) is 2.48. The standard InChI is InChI=1S/C13H20FN3O/c1-3-4-7-16-13(15)17-9-10-5-6-12(18-2)11(14)8-10/h5-6,8H,3-4,7,9H2,1-2H3,(H3,15,16,17). The molecule has 0 saturated heterocycles. The molecular formula is C13H20FN3O. The van der Waals surface area contributed by atoms with Gasteiger partial charge in [-0.05, 0) is 24.1 Å². The Balaban J connectivity index is 2.52. The van der Waals surface area contributed by atoms with Crippen molar-refractivity contribution in [2.75, 3.05) is 13.7 Å². The topological polar surface area (TPSA) is 59.6 Å². The lowest BCUT2D eigenvalue weighted by atomic mass is 10.2. The van der Waals surface area contributed by atoms with Gasteiger partial charge in [-0.2, -0.15) is 0 Å². The van der Waals surface area contributed by atoms with E-state index in [0.29, 0.717) is 12.5 Å². The van der Waals surface area contributed by atoms with Crippen LogP contribution in [-0.2, 0) is 6.54 Å². The van der Waals surface area contributed by atoms with Crippen LogP contribution in [0.1, 0.15) is 25.3 Å². The maximum absolute atomic E-state index is 13.4. The first-order chi connectivity index (χ1) is 8.67. The Hall–Kier alpha value is -1.78. The van der Waals surface area contributed by atoms with Crippen molar-refractivity contribution in [1.29, 1.82) is 0 Å². The van der Waals surface area contributed by atoms with E-state index >= 15 is 0 Å². The molecule has 0 aliphatic carbocycles. The number of halogens is 1. The number of hydrogen-bond acceptors (Lipinski definition) is 2. The molecule has 1 aromatic rings. The molecule has 0 aromatic heterocycles. The van der Waals surface area contributed by atoms with Crippen molar-refractivity contribution in [1.82, 2.24) is 5.32 Å². The zero-order chi connectivity index (χ0) is 13.4. The van der Waals surface area contributed by atoms with Gasteiger partial charge in [0.15, 0.2) is 17.5 Å². The lowest BCUT2D eigenvalue weighted by Crippen LogP contribution is -2.32. The number of hydrogen-bond donors (Lipinski definition) is 2. The van der Waals surface area contributed by atoms with E-state index in [-0.39, 0.29) is 11.6 Å². The van der Waals surface area contributed by atoms with Crippen molar-refractivity contribution in [2.24, 2.45) is 10.7 Å². The summed E-state index contributed by atoms with van der Waals surface area (Å²) in [5.74, 6) is 0.235. The normalized spacial score (nSPS) is 11.4. The predicted molar refractivity (Wildman–Crippen MR) is 71.2 cm³/mol. The summed E-state index contributed by atoms with van der Waals surface area (Å²) in [5.41, 5.74) is 6.43. The SMILES string of the molecule is CCCCNC(N)=NCc1ccc(OC)c(F)c1. The van der Waals surface area contributed by atoms with E-state index in [9.17, 15) is 4.39 Å². The molecule has 0 spiro atoms. The first kappa shape index (κ1) is 14.3.